The highest BCUT2D eigenvalue weighted by atomic mass is 35.5. The minimum absolute atomic E-state index is 0.0339. The zero-order valence-corrected chi connectivity index (χ0v) is 14.8. The number of amides is 1. The summed E-state index contributed by atoms with van der Waals surface area (Å²) in [5.41, 5.74) is 1.31. The van der Waals surface area contributed by atoms with Gasteiger partial charge < -0.3 is 10.1 Å². The van der Waals surface area contributed by atoms with Crippen LogP contribution in [-0.2, 0) is 0 Å². The first-order valence-corrected chi connectivity index (χ1v) is 8.32. The summed E-state index contributed by atoms with van der Waals surface area (Å²) in [6, 6.07) is 9.70. The Kier molecular flexibility index (Phi) is 6.21. The van der Waals surface area contributed by atoms with E-state index in [1.807, 2.05) is 13.8 Å². The van der Waals surface area contributed by atoms with Crippen LogP contribution in [0.4, 0.5) is 4.39 Å². The van der Waals surface area contributed by atoms with Crippen molar-refractivity contribution in [3.63, 3.8) is 0 Å². The van der Waals surface area contributed by atoms with Crippen LogP contribution in [0.25, 0.3) is 11.1 Å². The maximum atomic E-state index is 14.4. The predicted octanol–water partition coefficient (Wildman–Crippen LogP) is 5.07. The van der Waals surface area contributed by atoms with E-state index in [2.05, 4.69) is 5.32 Å². The fourth-order valence-corrected chi connectivity index (χ4v) is 2.70. The molecule has 128 valence electrons. The van der Waals surface area contributed by atoms with Crippen LogP contribution in [0.3, 0.4) is 0 Å². The van der Waals surface area contributed by atoms with Gasteiger partial charge in [0.15, 0.2) is 0 Å². The fraction of sp³-hybridized carbons (Fsp3) is 0.316. The number of hydrogen-bond acceptors (Lipinski definition) is 2. The molecule has 24 heavy (non-hydrogen) atoms. The van der Waals surface area contributed by atoms with Crippen molar-refractivity contribution < 1.29 is 13.9 Å². The lowest BCUT2D eigenvalue weighted by atomic mass is 10.0. The topological polar surface area (TPSA) is 38.3 Å². The zero-order valence-electron chi connectivity index (χ0n) is 14.0. The second kappa shape index (κ2) is 8.15. The Bertz CT molecular complexity index is 729. The third-order valence-electron chi connectivity index (χ3n) is 4.01. The Hall–Kier alpha value is -2.07. The van der Waals surface area contributed by atoms with Gasteiger partial charge in [0.25, 0.3) is 5.91 Å². The molecule has 2 aromatic carbocycles. The van der Waals surface area contributed by atoms with Gasteiger partial charge in [0.2, 0.25) is 0 Å². The number of nitrogens with one attached hydrogen (secondary N) is 1. The van der Waals surface area contributed by atoms with E-state index < -0.39 is 11.7 Å². The van der Waals surface area contributed by atoms with Gasteiger partial charge in [-0.15, -0.1) is 0 Å². The summed E-state index contributed by atoms with van der Waals surface area (Å²) < 4.78 is 19.7. The number of benzene rings is 2. The van der Waals surface area contributed by atoms with Gasteiger partial charge in [-0.05, 0) is 48.7 Å². The second-order valence-corrected chi connectivity index (χ2v) is 5.96. The standard InChI is InChI=1S/C19H21ClFNO2/c1-4-14(5-2)22-19(23)15-8-6-12(10-17(15)21)16-11-13(20)7-9-18(16)24-3/h6-11,14H,4-5H2,1-3H3,(H,22,23). The van der Waals surface area contributed by atoms with E-state index >= 15 is 0 Å². The zero-order chi connectivity index (χ0) is 17.7. The Morgan fingerprint density at radius 1 is 1.21 bits per heavy atom. The first-order valence-electron chi connectivity index (χ1n) is 7.94. The Morgan fingerprint density at radius 2 is 1.92 bits per heavy atom. The largest absolute Gasteiger partial charge is 0.496 e. The average molecular weight is 350 g/mol. The van der Waals surface area contributed by atoms with Gasteiger partial charge in [0.05, 0.1) is 12.7 Å². The average Bonchev–Trinajstić information content (AvgIpc) is 2.59. The van der Waals surface area contributed by atoms with Crippen molar-refractivity contribution in [1.82, 2.24) is 5.32 Å². The molecule has 0 bridgehead atoms. The number of ether oxygens (including phenoxy) is 1. The number of halogens is 2. The summed E-state index contributed by atoms with van der Waals surface area (Å²) >= 11 is 6.02. The van der Waals surface area contributed by atoms with E-state index in [1.165, 1.54) is 12.1 Å². The van der Waals surface area contributed by atoms with E-state index in [-0.39, 0.29) is 11.6 Å². The molecular formula is C19H21ClFNO2. The number of carbonyl (C=O) groups excluding carboxylic acids is 1. The van der Waals surface area contributed by atoms with Crippen molar-refractivity contribution in [3.8, 4) is 16.9 Å². The van der Waals surface area contributed by atoms with Crippen molar-refractivity contribution >= 4 is 17.5 Å². The van der Waals surface area contributed by atoms with Crippen molar-refractivity contribution in [2.24, 2.45) is 0 Å². The minimum atomic E-state index is -0.571. The molecule has 1 amide bonds. The molecule has 2 aromatic rings. The van der Waals surface area contributed by atoms with Gasteiger partial charge in [0.1, 0.15) is 11.6 Å². The SMILES string of the molecule is CCC(CC)NC(=O)c1ccc(-c2cc(Cl)ccc2OC)cc1F. The maximum absolute atomic E-state index is 14.4. The highest BCUT2D eigenvalue weighted by Crippen LogP contribution is 2.33. The molecule has 0 aliphatic heterocycles. The predicted molar refractivity (Wildman–Crippen MR) is 95.2 cm³/mol. The molecule has 1 N–H and O–H groups in total. The molecule has 0 aliphatic rings. The summed E-state index contributed by atoms with van der Waals surface area (Å²) in [6.45, 7) is 3.97. The monoisotopic (exact) mass is 349 g/mol. The third-order valence-corrected chi connectivity index (χ3v) is 4.24. The molecule has 0 saturated carbocycles. The molecule has 0 unspecified atom stereocenters. The van der Waals surface area contributed by atoms with E-state index in [4.69, 9.17) is 16.3 Å². The van der Waals surface area contributed by atoms with Crippen LogP contribution in [0.5, 0.6) is 5.75 Å². The molecule has 3 nitrogen and oxygen atoms in total. The molecule has 0 saturated heterocycles. The molecule has 2 rings (SSSR count). The van der Waals surface area contributed by atoms with E-state index in [1.54, 1.807) is 31.4 Å². The smallest absolute Gasteiger partial charge is 0.254 e. The first-order chi connectivity index (χ1) is 11.5. The lowest BCUT2D eigenvalue weighted by molar-refractivity contribution is 0.0931. The summed E-state index contributed by atoms with van der Waals surface area (Å²) in [6.07, 6.45) is 1.61. The summed E-state index contributed by atoms with van der Waals surface area (Å²) in [7, 11) is 1.54. The van der Waals surface area contributed by atoms with Crippen molar-refractivity contribution in [3.05, 3.63) is 52.8 Å². The first kappa shape index (κ1) is 18.3. The molecule has 5 heteroatoms. The molecule has 0 aliphatic carbocycles. The van der Waals surface area contributed by atoms with Crippen LogP contribution in [0.15, 0.2) is 36.4 Å². The van der Waals surface area contributed by atoms with E-state index in [0.29, 0.717) is 21.9 Å². The molecular weight excluding hydrogens is 329 g/mol. The van der Waals surface area contributed by atoms with Crippen LogP contribution >= 0.6 is 11.6 Å². The second-order valence-electron chi connectivity index (χ2n) is 5.53. The Morgan fingerprint density at radius 3 is 2.50 bits per heavy atom. The molecule has 0 fully saturated rings. The van der Waals surface area contributed by atoms with Crippen LogP contribution in [0.2, 0.25) is 5.02 Å². The maximum Gasteiger partial charge on any atom is 0.254 e. The van der Waals surface area contributed by atoms with Crippen LogP contribution in [0.1, 0.15) is 37.0 Å². The lowest BCUT2D eigenvalue weighted by Gasteiger charge is -2.15. The highest BCUT2D eigenvalue weighted by Gasteiger charge is 2.16. The van der Waals surface area contributed by atoms with E-state index in [9.17, 15) is 9.18 Å². The van der Waals surface area contributed by atoms with Crippen molar-refractivity contribution in [2.45, 2.75) is 32.7 Å². The van der Waals surface area contributed by atoms with Gasteiger partial charge in [-0.1, -0.05) is 31.5 Å². The van der Waals surface area contributed by atoms with Crippen LogP contribution < -0.4 is 10.1 Å². The summed E-state index contributed by atoms with van der Waals surface area (Å²) in [4.78, 5) is 12.2. The van der Waals surface area contributed by atoms with Gasteiger partial charge in [0, 0.05) is 16.6 Å². The third kappa shape index (κ3) is 4.06. The van der Waals surface area contributed by atoms with Gasteiger partial charge >= 0.3 is 0 Å². The van der Waals surface area contributed by atoms with Crippen LogP contribution in [-0.4, -0.2) is 19.1 Å². The molecule has 0 aromatic heterocycles. The van der Waals surface area contributed by atoms with E-state index in [0.717, 1.165) is 12.8 Å². The van der Waals surface area contributed by atoms with Gasteiger partial charge in [-0.3, -0.25) is 4.79 Å². The summed E-state index contributed by atoms with van der Waals surface area (Å²) in [5.74, 6) is -0.378. The number of hydrogen-bond donors (Lipinski definition) is 1. The minimum Gasteiger partial charge on any atom is -0.496 e. The van der Waals surface area contributed by atoms with Gasteiger partial charge in [-0.25, -0.2) is 4.39 Å². The molecule has 0 spiro atoms. The Balaban J connectivity index is 2.33. The van der Waals surface area contributed by atoms with Crippen molar-refractivity contribution in [1.29, 1.82) is 0 Å². The molecule has 0 radical (unpaired) electrons. The molecule has 0 atom stereocenters. The quantitative estimate of drug-likeness (QED) is 0.790. The van der Waals surface area contributed by atoms with Crippen LogP contribution in [0, 0.1) is 5.82 Å². The normalized spacial score (nSPS) is 10.8. The summed E-state index contributed by atoms with van der Waals surface area (Å²) in [5, 5.41) is 3.37. The Labute approximate surface area is 146 Å². The highest BCUT2D eigenvalue weighted by molar-refractivity contribution is 6.31. The van der Waals surface area contributed by atoms with Crippen molar-refractivity contribution in [2.75, 3.05) is 7.11 Å². The van der Waals surface area contributed by atoms with Gasteiger partial charge in [-0.2, -0.15) is 0 Å². The number of carbonyl (C=O) groups is 1. The number of rotatable bonds is 6. The molecule has 0 heterocycles. The number of methoxy groups -OCH3 is 1. The lowest BCUT2D eigenvalue weighted by Crippen LogP contribution is -2.34. The fourth-order valence-electron chi connectivity index (χ4n) is 2.53.